The summed E-state index contributed by atoms with van der Waals surface area (Å²) in [5.74, 6) is -0.733. The third-order valence-electron chi connectivity index (χ3n) is 6.33. The van der Waals surface area contributed by atoms with Crippen LogP contribution in [0, 0.1) is 0 Å². The molecular weight excluding hydrogens is 571 g/mol. The molecule has 0 fully saturated rings. The number of ether oxygens (including phenoxy) is 1. The highest BCUT2D eigenvalue weighted by Crippen LogP contribution is 2.32. The molecule has 12 heteroatoms. The summed E-state index contributed by atoms with van der Waals surface area (Å²) < 4.78 is 71.8. The fraction of sp³-hybridized carbons (Fsp3) is 0.333. The molecule has 2 amide bonds. The van der Waals surface area contributed by atoms with E-state index in [0.717, 1.165) is 24.0 Å². The second kappa shape index (κ2) is 13.7. The Balaban J connectivity index is 2.09. The Morgan fingerprint density at radius 1 is 0.929 bits per heavy atom. The molecule has 3 rings (SSSR count). The van der Waals surface area contributed by atoms with Crippen LogP contribution in [0.3, 0.4) is 0 Å². The first kappa shape index (κ1) is 32.5. The Bertz CT molecular complexity index is 1480. The van der Waals surface area contributed by atoms with Gasteiger partial charge >= 0.3 is 6.18 Å². The third kappa shape index (κ3) is 8.97. The number of methoxy groups -OCH3 is 1. The monoisotopic (exact) mass is 605 g/mol. The number of alkyl halides is 3. The molecule has 8 nitrogen and oxygen atoms in total. The third-order valence-corrected chi connectivity index (χ3v) is 7.47. The number of hydrogen-bond acceptors (Lipinski definition) is 5. The molecule has 42 heavy (non-hydrogen) atoms. The van der Waals surface area contributed by atoms with E-state index in [9.17, 15) is 31.2 Å². The van der Waals surface area contributed by atoms with Crippen LogP contribution in [0.4, 0.5) is 18.9 Å². The van der Waals surface area contributed by atoms with Gasteiger partial charge in [-0.15, -0.1) is 0 Å². The number of benzene rings is 3. The number of nitrogens with zero attached hydrogens (tertiary/aromatic N) is 2. The number of nitrogens with one attached hydrogen (secondary N) is 1. The summed E-state index contributed by atoms with van der Waals surface area (Å²) >= 11 is 0. The van der Waals surface area contributed by atoms with Gasteiger partial charge in [0.2, 0.25) is 21.8 Å². The SMILES string of the molecule is COc1cccc(CN(C(=O)CN(c2cccc(C(F)(F)F)c2)S(C)(=O)=O)[C@@H](Cc2ccccc2)C(=O)NC(C)C)c1. The van der Waals surface area contributed by atoms with Gasteiger partial charge in [0.25, 0.3) is 0 Å². The van der Waals surface area contributed by atoms with Crippen molar-refractivity contribution in [3.05, 3.63) is 95.6 Å². The van der Waals surface area contributed by atoms with Crippen LogP contribution in [0.2, 0.25) is 0 Å². The first-order valence-electron chi connectivity index (χ1n) is 13.1. The van der Waals surface area contributed by atoms with E-state index in [4.69, 9.17) is 4.74 Å². The van der Waals surface area contributed by atoms with E-state index in [1.807, 2.05) is 6.07 Å². The maximum Gasteiger partial charge on any atom is 0.416 e. The van der Waals surface area contributed by atoms with Gasteiger partial charge in [0.05, 0.1) is 24.6 Å². The first-order valence-corrected chi connectivity index (χ1v) is 15.0. The molecule has 0 aromatic heterocycles. The number of carbonyl (C=O) groups excluding carboxylic acids is 2. The lowest BCUT2D eigenvalue weighted by Crippen LogP contribution is -2.54. The second-order valence-corrected chi connectivity index (χ2v) is 12.0. The Morgan fingerprint density at radius 2 is 1.57 bits per heavy atom. The van der Waals surface area contributed by atoms with Gasteiger partial charge in [-0.05, 0) is 55.3 Å². The van der Waals surface area contributed by atoms with E-state index in [1.165, 1.54) is 18.1 Å². The number of sulfonamides is 1. The molecule has 0 bridgehead atoms. The van der Waals surface area contributed by atoms with Crippen LogP contribution in [-0.2, 0) is 38.8 Å². The van der Waals surface area contributed by atoms with Gasteiger partial charge in [-0.3, -0.25) is 13.9 Å². The summed E-state index contributed by atoms with van der Waals surface area (Å²) in [5, 5.41) is 2.83. The summed E-state index contributed by atoms with van der Waals surface area (Å²) in [6.45, 7) is 2.61. The van der Waals surface area contributed by atoms with Crippen molar-refractivity contribution in [2.75, 3.05) is 24.2 Å². The van der Waals surface area contributed by atoms with Crippen molar-refractivity contribution in [1.82, 2.24) is 10.2 Å². The minimum atomic E-state index is -4.72. The van der Waals surface area contributed by atoms with Crippen molar-refractivity contribution in [3.8, 4) is 5.75 Å². The van der Waals surface area contributed by atoms with Crippen molar-refractivity contribution in [1.29, 1.82) is 0 Å². The highest BCUT2D eigenvalue weighted by atomic mass is 32.2. The standard InChI is InChI=1S/C30H34F3N3O5S/c1-21(2)34-29(38)27(17-22-10-6-5-7-11-22)35(19-23-12-8-15-26(16-23)41-3)28(37)20-36(42(4,39)40)25-14-9-13-24(18-25)30(31,32)33/h5-16,18,21,27H,17,19-20H2,1-4H3,(H,34,38)/t27-/m0/s1. The van der Waals surface area contributed by atoms with E-state index >= 15 is 0 Å². The fourth-order valence-electron chi connectivity index (χ4n) is 4.35. The van der Waals surface area contributed by atoms with Crippen molar-refractivity contribution < 1.29 is 35.9 Å². The van der Waals surface area contributed by atoms with E-state index in [2.05, 4.69) is 5.32 Å². The number of rotatable bonds is 12. The Morgan fingerprint density at radius 3 is 2.17 bits per heavy atom. The molecule has 1 atom stereocenters. The van der Waals surface area contributed by atoms with Gasteiger partial charge in [0, 0.05) is 19.0 Å². The van der Waals surface area contributed by atoms with E-state index in [0.29, 0.717) is 21.7 Å². The van der Waals surface area contributed by atoms with Crippen molar-refractivity contribution in [2.24, 2.45) is 0 Å². The topological polar surface area (TPSA) is 96.0 Å². The van der Waals surface area contributed by atoms with Crippen LogP contribution < -0.4 is 14.4 Å². The van der Waals surface area contributed by atoms with Gasteiger partial charge < -0.3 is 15.0 Å². The first-order chi connectivity index (χ1) is 19.7. The summed E-state index contributed by atoms with van der Waals surface area (Å²) in [6, 6.07) is 18.2. The lowest BCUT2D eigenvalue weighted by atomic mass is 10.0. The van der Waals surface area contributed by atoms with Gasteiger partial charge in [-0.25, -0.2) is 8.42 Å². The molecule has 0 heterocycles. The zero-order valence-electron chi connectivity index (χ0n) is 23.8. The van der Waals surface area contributed by atoms with Gasteiger partial charge in [-0.1, -0.05) is 48.5 Å². The Hall–Kier alpha value is -4.06. The summed E-state index contributed by atoms with van der Waals surface area (Å²) in [6.07, 6.45) is -3.81. The molecule has 0 aliphatic rings. The maximum absolute atomic E-state index is 14.0. The average Bonchev–Trinajstić information content (AvgIpc) is 2.92. The van der Waals surface area contributed by atoms with E-state index < -0.39 is 46.2 Å². The van der Waals surface area contributed by atoms with Crippen LogP contribution in [0.15, 0.2) is 78.9 Å². The zero-order chi connectivity index (χ0) is 31.1. The highest BCUT2D eigenvalue weighted by Gasteiger charge is 2.35. The lowest BCUT2D eigenvalue weighted by Gasteiger charge is -2.34. The molecule has 0 spiro atoms. The molecule has 0 aliphatic heterocycles. The smallest absolute Gasteiger partial charge is 0.416 e. The molecule has 1 N–H and O–H groups in total. The fourth-order valence-corrected chi connectivity index (χ4v) is 5.19. The lowest BCUT2D eigenvalue weighted by molar-refractivity contribution is -0.140. The summed E-state index contributed by atoms with van der Waals surface area (Å²) in [5.41, 5.74) is -0.0355. The predicted molar refractivity (Wildman–Crippen MR) is 154 cm³/mol. The Kier molecular flexibility index (Phi) is 10.6. The maximum atomic E-state index is 14.0. The number of hydrogen-bond donors (Lipinski definition) is 1. The number of anilines is 1. The predicted octanol–water partition coefficient (Wildman–Crippen LogP) is 4.64. The van der Waals surface area contributed by atoms with E-state index in [1.54, 1.807) is 62.4 Å². The van der Waals surface area contributed by atoms with Crippen LogP contribution in [-0.4, -0.2) is 57.1 Å². The van der Waals surface area contributed by atoms with Crippen molar-refractivity contribution in [2.45, 2.75) is 45.1 Å². The van der Waals surface area contributed by atoms with Gasteiger partial charge in [0.1, 0.15) is 18.3 Å². The largest absolute Gasteiger partial charge is 0.497 e. The van der Waals surface area contributed by atoms with Gasteiger partial charge in [-0.2, -0.15) is 13.2 Å². The minimum Gasteiger partial charge on any atom is -0.497 e. The molecule has 3 aromatic rings. The molecule has 0 saturated heterocycles. The van der Waals surface area contributed by atoms with Crippen LogP contribution >= 0.6 is 0 Å². The number of halogens is 3. The van der Waals surface area contributed by atoms with Crippen LogP contribution in [0.25, 0.3) is 0 Å². The quantitative estimate of drug-likeness (QED) is 0.325. The molecule has 0 saturated carbocycles. The minimum absolute atomic E-state index is 0.0980. The van der Waals surface area contributed by atoms with Crippen molar-refractivity contribution >= 4 is 27.5 Å². The van der Waals surface area contributed by atoms with Crippen LogP contribution in [0.5, 0.6) is 5.75 Å². The summed E-state index contributed by atoms with van der Waals surface area (Å²) in [4.78, 5) is 28.8. The summed E-state index contributed by atoms with van der Waals surface area (Å²) in [7, 11) is -2.74. The molecule has 0 aliphatic carbocycles. The molecular formula is C30H34F3N3O5S. The van der Waals surface area contributed by atoms with Crippen molar-refractivity contribution in [3.63, 3.8) is 0 Å². The Labute approximate surface area is 244 Å². The zero-order valence-corrected chi connectivity index (χ0v) is 24.6. The molecule has 0 radical (unpaired) electrons. The van der Waals surface area contributed by atoms with E-state index in [-0.39, 0.29) is 24.7 Å². The molecule has 0 unspecified atom stereocenters. The van der Waals surface area contributed by atoms with Gasteiger partial charge in [0.15, 0.2) is 0 Å². The second-order valence-electron chi connectivity index (χ2n) is 10.1. The number of amides is 2. The number of carbonyl (C=O) groups is 2. The average molecular weight is 606 g/mol. The normalized spacial score (nSPS) is 12.5. The highest BCUT2D eigenvalue weighted by molar-refractivity contribution is 7.92. The van der Waals surface area contributed by atoms with Crippen LogP contribution in [0.1, 0.15) is 30.5 Å². The molecule has 226 valence electrons. The molecule has 3 aromatic carbocycles.